The number of nitrogens with one attached hydrogen (secondary N) is 2. The van der Waals surface area contributed by atoms with Crippen LogP contribution in [0.15, 0.2) is 84.9 Å². The lowest BCUT2D eigenvalue weighted by Gasteiger charge is -2.30. The van der Waals surface area contributed by atoms with Crippen LogP contribution in [0.1, 0.15) is 43.2 Å². The van der Waals surface area contributed by atoms with Crippen LogP contribution in [0.2, 0.25) is 0 Å². The molecule has 230 valence electrons. The lowest BCUT2D eigenvalue weighted by molar-refractivity contribution is -0.141. The van der Waals surface area contributed by atoms with Crippen molar-refractivity contribution in [2.45, 2.75) is 55.9 Å². The van der Waals surface area contributed by atoms with E-state index >= 15 is 0 Å². The Bertz CT molecular complexity index is 1590. The van der Waals surface area contributed by atoms with Crippen LogP contribution >= 0.6 is 7.60 Å². The first-order valence-corrected chi connectivity index (χ1v) is 15.9. The number of hydrogen-bond donors (Lipinski definition) is 4. The zero-order chi connectivity index (χ0) is 31.5. The van der Waals surface area contributed by atoms with E-state index < -0.39 is 36.8 Å². The molecule has 0 aliphatic carbocycles. The lowest BCUT2D eigenvalue weighted by atomic mass is 10.0. The first-order chi connectivity index (χ1) is 20.9. The first kappa shape index (κ1) is 31.3. The number of hydrogen-bond acceptors (Lipinski definition) is 4. The molecule has 4 N–H and O–H groups in total. The van der Waals surface area contributed by atoms with Gasteiger partial charge in [0.1, 0.15) is 12.1 Å². The largest absolute Gasteiger partial charge is 0.399 e. The quantitative estimate of drug-likeness (QED) is 0.200. The van der Waals surface area contributed by atoms with Crippen LogP contribution in [0.5, 0.6) is 0 Å². The Balaban J connectivity index is 1.21. The number of amides is 3. The van der Waals surface area contributed by atoms with Gasteiger partial charge >= 0.3 is 13.3 Å². The number of carbonyl (C=O) groups is 3. The van der Waals surface area contributed by atoms with Crippen LogP contribution < -0.4 is 10.6 Å². The fourth-order valence-corrected chi connectivity index (χ4v) is 6.19. The molecule has 12 heteroatoms. The van der Waals surface area contributed by atoms with Crippen LogP contribution in [0.4, 0.5) is 14.5 Å². The maximum atomic E-state index is 13.9. The van der Waals surface area contributed by atoms with Gasteiger partial charge in [0.2, 0.25) is 17.7 Å². The van der Waals surface area contributed by atoms with Crippen molar-refractivity contribution >= 4 is 37.1 Å². The third-order valence-corrected chi connectivity index (χ3v) is 9.00. The van der Waals surface area contributed by atoms with Crippen molar-refractivity contribution in [3.63, 3.8) is 0 Å². The van der Waals surface area contributed by atoms with Crippen LogP contribution in [-0.4, -0.2) is 50.5 Å². The molecular weight excluding hydrogens is 591 g/mol. The first-order valence-electron chi connectivity index (χ1n) is 14.2. The Hall–Kier alpha value is -4.18. The predicted octanol–water partition coefficient (Wildman–Crippen LogP) is 5.26. The summed E-state index contributed by atoms with van der Waals surface area (Å²) < 4.78 is 38.9. The highest BCUT2D eigenvalue weighted by Crippen LogP contribution is 2.59. The van der Waals surface area contributed by atoms with Crippen molar-refractivity contribution < 1.29 is 37.5 Å². The van der Waals surface area contributed by atoms with E-state index in [9.17, 15) is 27.7 Å². The molecule has 5 rings (SSSR count). The molecule has 3 atom stereocenters. The van der Waals surface area contributed by atoms with Gasteiger partial charge < -0.3 is 25.3 Å². The van der Waals surface area contributed by atoms with Crippen LogP contribution in [0, 0.1) is 0 Å². The molecule has 3 amide bonds. The molecule has 0 bridgehead atoms. The Morgan fingerprint density at radius 3 is 2.20 bits per heavy atom. The predicted molar refractivity (Wildman–Crippen MR) is 161 cm³/mol. The number of rotatable bonds is 8. The minimum absolute atomic E-state index is 0.0964. The van der Waals surface area contributed by atoms with E-state index in [0.29, 0.717) is 36.9 Å². The fraction of sp³-hybridized carbons (Fsp3) is 0.281. The zero-order valence-electron chi connectivity index (χ0n) is 23.6. The average molecular weight is 624 g/mol. The van der Waals surface area contributed by atoms with Crippen molar-refractivity contribution in [2.75, 3.05) is 5.32 Å². The number of nitrogens with zero attached hydrogens (tertiary/aromatic N) is 1. The Labute approximate surface area is 253 Å². The topological polar surface area (TPSA) is 136 Å². The van der Waals surface area contributed by atoms with E-state index in [2.05, 4.69) is 10.6 Å². The SMILES string of the molecule is O=C(/C=C/c1ccc(C(F)(F)P(=O)(O)O)cc1)N[C@H]1CCCC2CC[C@@H](C(=O)Nc3ccc(-c4ccccc4)cc3)N2C1=O. The summed E-state index contributed by atoms with van der Waals surface area (Å²) >= 11 is 0. The van der Waals surface area contributed by atoms with Gasteiger partial charge in [-0.25, -0.2) is 0 Å². The van der Waals surface area contributed by atoms with E-state index in [0.717, 1.165) is 35.8 Å². The molecule has 2 heterocycles. The second-order valence-corrected chi connectivity index (χ2v) is 12.6. The molecule has 2 aliphatic heterocycles. The molecule has 3 aromatic carbocycles. The molecule has 2 aliphatic rings. The van der Waals surface area contributed by atoms with Gasteiger partial charge in [0.15, 0.2) is 0 Å². The van der Waals surface area contributed by atoms with Gasteiger partial charge in [-0.3, -0.25) is 18.9 Å². The minimum atomic E-state index is -5.69. The molecule has 1 unspecified atom stereocenters. The molecule has 44 heavy (non-hydrogen) atoms. The third-order valence-electron chi connectivity index (χ3n) is 8.01. The molecule has 2 fully saturated rings. The van der Waals surface area contributed by atoms with E-state index in [1.165, 1.54) is 18.2 Å². The van der Waals surface area contributed by atoms with Crippen molar-refractivity contribution in [3.8, 4) is 11.1 Å². The van der Waals surface area contributed by atoms with E-state index in [4.69, 9.17) is 9.79 Å². The number of benzene rings is 3. The number of anilines is 1. The summed E-state index contributed by atoms with van der Waals surface area (Å²) in [5.41, 5.74) is -2.15. The molecule has 0 spiro atoms. The Kier molecular flexibility index (Phi) is 9.10. The summed E-state index contributed by atoms with van der Waals surface area (Å²) in [6, 6.07) is 19.9. The summed E-state index contributed by atoms with van der Waals surface area (Å²) in [4.78, 5) is 59.0. The second-order valence-electron chi connectivity index (χ2n) is 11.0. The number of alkyl halides is 2. The van der Waals surface area contributed by atoms with Gasteiger partial charge in [-0.1, -0.05) is 66.7 Å². The van der Waals surface area contributed by atoms with Gasteiger partial charge in [0.25, 0.3) is 0 Å². The highest BCUT2D eigenvalue weighted by atomic mass is 31.2. The van der Waals surface area contributed by atoms with Crippen LogP contribution in [0.3, 0.4) is 0 Å². The Morgan fingerprint density at radius 1 is 0.886 bits per heavy atom. The molecule has 9 nitrogen and oxygen atoms in total. The second kappa shape index (κ2) is 12.8. The lowest BCUT2D eigenvalue weighted by Crippen LogP contribution is -2.53. The summed E-state index contributed by atoms with van der Waals surface area (Å²) in [5.74, 6) is -1.19. The smallest absolute Gasteiger partial charge is 0.341 e. The minimum Gasteiger partial charge on any atom is -0.341 e. The molecule has 0 aromatic heterocycles. The number of halogens is 2. The fourth-order valence-electron chi connectivity index (χ4n) is 5.71. The Morgan fingerprint density at radius 2 is 1.55 bits per heavy atom. The van der Waals surface area contributed by atoms with Crippen LogP contribution in [0.25, 0.3) is 17.2 Å². The van der Waals surface area contributed by atoms with E-state index in [-0.39, 0.29) is 17.9 Å². The monoisotopic (exact) mass is 623 g/mol. The van der Waals surface area contributed by atoms with Gasteiger partial charge in [-0.05, 0) is 67.0 Å². The highest BCUT2D eigenvalue weighted by Gasteiger charge is 2.50. The standard InChI is InChI=1S/C32H32F2N3O6P/c33-32(34,44(41,42)43)24-14-9-21(10-15-24)11-20-29(38)36-27-8-4-7-26-18-19-28(37(26)31(27)40)30(39)35-25-16-12-23(13-17-25)22-5-2-1-3-6-22/h1-3,5-6,9-17,20,26-28H,4,7-8,18-19H2,(H,35,39)(H,36,38)(H2,41,42,43)/b20-11+/t26?,27-,28-/m0/s1. The highest BCUT2D eigenvalue weighted by molar-refractivity contribution is 7.52. The third kappa shape index (κ3) is 6.80. The zero-order valence-corrected chi connectivity index (χ0v) is 24.5. The summed E-state index contributed by atoms with van der Waals surface area (Å²) in [7, 11) is -5.69. The van der Waals surface area contributed by atoms with Gasteiger partial charge in [0.05, 0.1) is 0 Å². The normalized spacial score (nSPS) is 20.7. The van der Waals surface area contributed by atoms with Gasteiger partial charge in [-0.2, -0.15) is 8.78 Å². The van der Waals surface area contributed by atoms with Crippen LogP contribution in [-0.2, 0) is 24.6 Å². The molecule has 0 saturated carbocycles. The van der Waals surface area contributed by atoms with Gasteiger partial charge in [0, 0.05) is 23.4 Å². The van der Waals surface area contributed by atoms with Gasteiger partial charge in [-0.15, -0.1) is 0 Å². The molecular formula is C32H32F2N3O6P. The van der Waals surface area contributed by atoms with Crippen molar-refractivity contribution in [1.82, 2.24) is 10.2 Å². The maximum Gasteiger partial charge on any atom is 0.399 e. The molecule has 3 aromatic rings. The van der Waals surface area contributed by atoms with Crippen molar-refractivity contribution in [1.29, 1.82) is 0 Å². The molecule has 0 radical (unpaired) electrons. The average Bonchev–Trinajstić information content (AvgIpc) is 3.37. The summed E-state index contributed by atoms with van der Waals surface area (Å²) in [6.45, 7) is 0. The molecule has 2 saturated heterocycles. The van der Waals surface area contributed by atoms with E-state index in [1.807, 2.05) is 54.6 Å². The maximum absolute atomic E-state index is 13.9. The van der Waals surface area contributed by atoms with E-state index in [1.54, 1.807) is 4.90 Å². The number of fused-ring (bicyclic) bond motifs is 1. The number of carbonyl (C=O) groups excluding carboxylic acids is 3. The summed E-state index contributed by atoms with van der Waals surface area (Å²) in [5, 5.41) is 5.64. The summed E-state index contributed by atoms with van der Waals surface area (Å²) in [6.07, 6.45) is 5.51. The van der Waals surface area contributed by atoms with Crippen molar-refractivity contribution in [3.05, 3.63) is 96.1 Å². The van der Waals surface area contributed by atoms with Crippen molar-refractivity contribution in [2.24, 2.45) is 0 Å².